The van der Waals surface area contributed by atoms with Crippen LogP contribution < -0.4 is 11.2 Å². The van der Waals surface area contributed by atoms with Gasteiger partial charge in [-0.25, -0.2) is 4.79 Å². The topological polar surface area (TPSA) is 84.5 Å². The molecule has 2 N–H and O–H groups in total. The van der Waals surface area contributed by atoms with Crippen LogP contribution in [-0.2, 0) is 19.7 Å². The van der Waals surface area contributed by atoms with E-state index in [1.54, 1.807) is 6.08 Å². The molecular formula is C16H18N2O4. The lowest BCUT2D eigenvalue weighted by atomic mass is 9.96. The maximum Gasteiger partial charge on any atom is 0.333 e. The second kappa shape index (κ2) is 5.65. The van der Waals surface area contributed by atoms with Crippen molar-refractivity contribution < 1.29 is 10.2 Å². The molecule has 0 saturated carbocycles. The Balaban J connectivity index is 2.58. The van der Waals surface area contributed by atoms with Crippen molar-refractivity contribution in [3.8, 4) is 5.88 Å². The van der Waals surface area contributed by atoms with Gasteiger partial charge in [0.1, 0.15) is 11.2 Å². The van der Waals surface area contributed by atoms with Crippen LogP contribution in [0.2, 0.25) is 0 Å². The predicted molar refractivity (Wildman–Crippen MR) is 83.6 cm³/mol. The first-order valence-corrected chi connectivity index (χ1v) is 6.72. The number of rotatable bonds is 3. The first kappa shape index (κ1) is 15.8. The Labute approximate surface area is 127 Å². The van der Waals surface area contributed by atoms with E-state index in [2.05, 4.69) is 0 Å². The molecule has 1 atom stereocenters. The van der Waals surface area contributed by atoms with E-state index < -0.39 is 22.7 Å². The van der Waals surface area contributed by atoms with Crippen LogP contribution in [0.3, 0.4) is 0 Å². The predicted octanol–water partition coefficient (Wildman–Crippen LogP) is 0.710. The lowest BCUT2D eigenvalue weighted by molar-refractivity contribution is 0.104. The van der Waals surface area contributed by atoms with Crippen LogP contribution in [0.15, 0.2) is 46.0 Å². The Hall–Kier alpha value is -2.60. The minimum atomic E-state index is -1.72. The molecule has 0 saturated heterocycles. The van der Waals surface area contributed by atoms with Crippen molar-refractivity contribution in [1.82, 2.24) is 9.13 Å². The van der Waals surface area contributed by atoms with Crippen LogP contribution in [0.5, 0.6) is 5.88 Å². The summed E-state index contributed by atoms with van der Waals surface area (Å²) in [5, 5.41) is 20.6. The summed E-state index contributed by atoms with van der Waals surface area (Å²) in [6, 6.07) is 9.23. The zero-order valence-electron chi connectivity index (χ0n) is 12.6. The number of nitrogens with zero attached hydrogens (tertiary/aromatic N) is 2. The molecule has 1 unspecified atom stereocenters. The molecule has 0 aliphatic carbocycles. The highest BCUT2D eigenvalue weighted by Crippen LogP contribution is 2.26. The molecular weight excluding hydrogens is 284 g/mol. The SMILES string of the molecule is Cn1c(O)c(C(C)(O)C=Cc2ccccc2)c(=O)n(C)c1=O. The van der Waals surface area contributed by atoms with Crippen molar-refractivity contribution in [2.24, 2.45) is 14.1 Å². The third-order valence-corrected chi connectivity index (χ3v) is 3.54. The van der Waals surface area contributed by atoms with Gasteiger partial charge in [0.15, 0.2) is 0 Å². The van der Waals surface area contributed by atoms with E-state index in [1.165, 1.54) is 27.1 Å². The minimum absolute atomic E-state index is 0.246. The van der Waals surface area contributed by atoms with E-state index >= 15 is 0 Å². The molecule has 1 heterocycles. The highest BCUT2D eigenvalue weighted by molar-refractivity contribution is 5.51. The highest BCUT2D eigenvalue weighted by Gasteiger charge is 2.30. The number of hydrogen-bond acceptors (Lipinski definition) is 4. The van der Waals surface area contributed by atoms with Gasteiger partial charge in [0.2, 0.25) is 5.88 Å². The molecule has 1 aromatic carbocycles. The molecule has 22 heavy (non-hydrogen) atoms. The van der Waals surface area contributed by atoms with E-state index in [1.807, 2.05) is 30.3 Å². The molecule has 0 fully saturated rings. The fourth-order valence-corrected chi connectivity index (χ4v) is 2.18. The summed E-state index contributed by atoms with van der Waals surface area (Å²) in [5.41, 5.74) is -2.52. The van der Waals surface area contributed by atoms with Gasteiger partial charge in [0.25, 0.3) is 5.56 Å². The van der Waals surface area contributed by atoms with Crippen LogP contribution in [0.1, 0.15) is 18.1 Å². The van der Waals surface area contributed by atoms with Gasteiger partial charge < -0.3 is 10.2 Å². The average molecular weight is 302 g/mol. The van der Waals surface area contributed by atoms with Gasteiger partial charge in [-0.3, -0.25) is 13.9 Å². The Morgan fingerprint density at radius 2 is 1.68 bits per heavy atom. The van der Waals surface area contributed by atoms with Crippen molar-refractivity contribution >= 4 is 6.08 Å². The Kier molecular flexibility index (Phi) is 4.05. The van der Waals surface area contributed by atoms with Gasteiger partial charge in [-0.2, -0.15) is 0 Å². The van der Waals surface area contributed by atoms with Gasteiger partial charge in [-0.15, -0.1) is 0 Å². The Bertz CT molecular complexity index is 830. The molecule has 6 nitrogen and oxygen atoms in total. The van der Waals surface area contributed by atoms with E-state index in [0.717, 1.165) is 14.7 Å². The largest absolute Gasteiger partial charge is 0.494 e. The lowest BCUT2D eigenvalue weighted by Gasteiger charge is -2.21. The Morgan fingerprint density at radius 1 is 1.09 bits per heavy atom. The summed E-state index contributed by atoms with van der Waals surface area (Å²) in [6.45, 7) is 1.38. The third-order valence-electron chi connectivity index (χ3n) is 3.54. The van der Waals surface area contributed by atoms with Crippen LogP contribution >= 0.6 is 0 Å². The minimum Gasteiger partial charge on any atom is -0.494 e. The van der Waals surface area contributed by atoms with Crippen LogP contribution in [0, 0.1) is 0 Å². The Morgan fingerprint density at radius 3 is 2.27 bits per heavy atom. The number of aromatic nitrogens is 2. The van der Waals surface area contributed by atoms with Gasteiger partial charge >= 0.3 is 5.69 Å². The quantitative estimate of drug-likeness (QED) is 0.874. The summed E-state index contributed by atoms with van der Waals surface area (Å²) < 4.78 is 1.77. The van der Waals surface area contributed by atoms with Gasteiger partial charge in [0.05, 0.1) is 0 Å². The van der Waals surface area contributed by atoms with Crippen LogP contribution in [0.4, 0.5) is 0 Å². The molecule has 0 bridgehead atoms. The standard InChI is InChI=1S/C16H18N2O4/c1-16(22,10-9-11-7-5-4-6-8-11)12-13(19)17(2)15(21)18(3)14(12)20/h4-10,19,22H,1-3H3. The van der Waals surface area contributed by atoms with Crippen molar-refractivity contribution in [2.45, 2.75) is 12.5 Å². The van der Waals surface area contributed by atoms with Gasteiger partial charge in [-0.1, -0.05) is 36.4 Å². The molecule has 1 aromatic heterocycles. The van der Waals surface area contributed by atoms with E-state index in [-0.39, 0.29) is 5.56 Å². The first-order chi connectivity index (χ1) is 10.3. The number of benzene rings is 1. The normalized spacial score (nSPS) is 14.2. The summed E-state index contributed by atoms with van der Waals surface area (Å²) in [6.07, 6.45) is 3.05. The maximum absolute atomic E-state index is 12.2. The van der Waals surface area contributed by atoms with Crippen LogP contribution in [-0.4, -0.2) is 19.3 Å². The molecule has 0 aliphatic rings. The zero-order chi connectivity index (χ0) is 16.5. The fraction of sp³-hybridized carbons (Fsp3) is 0.250. The second-order valence-electron chi connectivity index (χ2n) is 5.30. The molecule has 0 spiro atoms. The smallest absolute Gasteiger partial charge is 0.333 e. The van der Waals surface area contributed by atoms with Gasteiger partial charge in [-0.05, 0) is 18.6 Å². The molecule has 6 heteroatoms. The van der Waals surface area contributed by atoms with Crippen molar-refractivity contribution in [3.63, 3.8) is 0 Å². The molecule has 116 valence electrons. The van der Waals surface area contributed by atoms with Crippen molar-refractivity contribution in [1.29, 1.82) is 0 Å². The second-order valence-corrected chi connectivity index (χ2v) is 5.30. The van der Waals surface area contributed by atoms with Crippen molar-refractivity contribution in [2.75, 3.05) is 0 Å². The molecule has 0 radical (unpaired) electrons. The number of aromatic hydroxyl groups is 1. The van der Waals surface area contributed by atoms with Crippen molar-refractivity contribution in [3.05, 3.63) is 68.4 Å². The summed E-state index contributed by atoms with van der Waals surface area (Å²) in [5.74, 6) is -0.546. The number of hydrogen-bond donors (Lipinski definition) is 2. The maximum atomic E-state index is 12.2. The van der Waals surface area contributed by atoms with Crippen LogP contribution in [0.25, 0.3) is 6.08 Å². The average Bonchev–Trinajstić information content (AvgIpc) is 2.50. The molecule has 0 aliphatic heterocycles. The summed E-state index contributed by atoms with van der Waals surface area (Å²) in [7, 11) is 2.63. The number of aliphatic hydroxyl groups is 1. The summed E-state index contributed by atoms with van der Waals surface area (Å²) >= 11 is 0. The van der Waals surface area contributed by atoms with Gasteiger partial charge in [0, 0.05) is 14.1 Å². The third kappa shape index (κ3) is 2.73. The molecule has 2 rings (SSSR count). The summed E-state index contributed by atoms with van der Waals surface area (Å²) in [4.78, 5) is 24.0. The molecule has 0 amide bonds. The van der Waals surface area contributed by atoms with E-state index in [9.17, 15) is 19.8 Å². The van der Waals surface area contributed by atoms with E-state index in [4.69, 9.17) is 0 Å². The monoisotopic (exact) mass is 302 g/mol. The fourth-order valence-electron chi connectivity index (χ4n) is 2.18. The van der Waals surface area contributed by atoms with E-state index in [0.29, 0.717) is 0 Å². The highest BCUT2D eigenvalue weighted by atomic mass is 16.3. The zero-order valence-corrected chi connectivity index (χ0v) is 12.6. The lowest BCUT2D eigenvalue weighted by Crippen LogP contribution is -2.42. The molecule has 2 aromatic rings. The first-order valence-electron chi connectivity index (χ1n) is 6.72.